The van der Waals surface area contributed by atoms with E-state index in [1.807, 2.05) is 0 Å². The predicted molar refractivity (Wildman–Crippen MR) is 59.1 cm³/mol. The lowest BCUT2D eigenvalue weighted by atomic mass is 9.80. The summed E-state index contributed by atoms with van der Waals surface area (Å²) >= 11 is 0. The maximum absolute atomic E-state index is 9.77. The van der Waals surface area contributed by atoms with Gasteiger partial charge in [0.15, 0.2) is 0 Å². The van der Waals surface area contributed by atoms with Crippen LogP contribution in [-0.2, 0) is 0 Å². The van der Waals surface area contributed by atoms with Crippen molar-refractivity contribution in [3.05, 3.63) is 0 Å². The highest BCUT2D eigenvalue weighted by molar-refractivity contribution is 4.86. The Morgan fingerprint density at radius 1 is 0.857 bits per heavy atom. The second-order valence-electron chi connectivity index (χ2n) is 5.42. The third-order valence-corrected chi connectivity index (χ3v) is 4.58. The van der Waals surface area contributed by atoms with Gasteiger partial charge in [0.2, 0.25) is 0 Å². The lowest BCUT2D eigenvalue weighted by Crippen LogP contribution is -2.22. The van der Waals surface area contributed by atoms with Gasteiger partial charge >= 0.3 is 0 Å². The molecule has 0 aromatic heterocycles. The molecule has 2 rings (SSSR count). The van der Waals surface area contributed by atoms with Crippen LogP contribution in [0.1, 0.15) is 58.3 Å². The molecule has 2 aliphatic rings. The summed E-state index contributed by atoms with van der Waals surface area (Å²) in [5.74, 6) is 2.34. The van der Waals surface area contributed by atoms with E-state index in [4.69, 9.17) is 0 Å². The number of rotatable bonds is 1. The van der Waals surface area contributed by atoms with Gasteiger partial charge in [0.25, 0.3) is 0 Å². The van der Waals surface area contributed by atoms with Gasteiger partial charge < -0.3 is 5.11 Å². The Bertz CT molecular complexity index is 170. The Kier molecular flexibility index (Phi) is 3.48. The number of aliphatic hydroxyl groups is 1. The van der Waals surface area contributed by atoms with E-state index in [0.29, 0.717) is 5.92 Å². The second-order valence-corrected chi connectivity index (χ2v) is 5.42. The summed E-state index contributed by atoms with van der Waals surface area (Å²) < 4.78 is 0. The Morgan fingerprint density at radius 3 is 2.00 bits per heavy atom. The van der Waals surface area contributed by atoms with Gasteiger partial charge in [-0.15, -0.1) is 0 Å². The van der Waals surface area contributed by atoms with Crippen LogP contribution in [-0.4, -0.2) is 11.2 Å². The summed E-state index contributed by atoms with van der Waals surface area (Å²) in [7, 11) is 0. The van der Waals surface area contributed by atoms with Crippen molar-refractivity contribution in [2.24, 2.45) is 17.8 Å². The molecule has 2 saturated carbocycles. The normalized spacial score (nSPS) is 41.1. The predicted octanol–water partition coefficient (Wildman–Crippen LogP) is 3.36. The molecule has 0 aliphatic heterocycles. The molecule has 1 nitrogen and oxygen atoms in total. The van der Waals surface area contributed by atoms with Crippen molar-refractivity contribution in [1.29, 1.82) is 0 Å². The van der Waals surface area contributed by atoms with Crippen LogP contribution in [0.2, 0.25) is 0 Å². The third kappa shape index (κ3) is 2.13. The number of hydrogen-bond donors (Lipinski definition) is 1. The Morgan fingerprint density at radius 2 is 1.50 bits per heavy atom. The van der Waals surface area contributed by atoms with Gasteiger partial charge in [-0.05, 0) is 30.6 Å². The fourth-order valence-corrected chi connectivity index (χ4v) is 3.58. The highest BCUT2D eigenvalue weighted by Gasteiger charge is 2.36. The molecular formula is C13H24O. The number of aliphatic hydroxyl groups excluding tert-OH is 1. The molecule has 1 N–H and O–H groups in total. The summed E-state index contributed by atoms with van der Waals surface area (Å²) in [5.41, 5.74) is 0. The van der Waals surface area contributed by atoms with Crippen LogP contribution in [0.4, 0.5) is 0 Å². The first-order valence-electron chi connectivity index (χ1n) is 6.47. The van der Waals surface area contributed by atoms with E-state index < -0.39 is 0 Å². The molecular weight excluding hydrogens is 172 g/mol. The lowest BCUT2D eigenvalue weighted by molar-refractivity contribution is 0.110. The molecule has 0 saturated heterocycles. The molecule has 0 radical (unpaired) electrons. The molecule has 0 aromatic carbocycles. The van der Waals surface area contributed by atoms with E-state index in [2.05, 4.69) is 6.92 Å². The van der Waals surface area contributed by atoms with Crippen LogP contribution in [0.5, 0.6) is 0 Å². The third-order valence-electron chi connectivity index (χ3n) is 4.58. The van der Waals surface area contributed by atoms with Gasteiger partial charge in [0.05, 0.1) is 6.10 Å². The highest BCUT2D eigenvalue weighted by Crippen LogP contribution is 2.42. The topological polar surface area (TPSA) is 20.2 Å². The van der Waals surface area contributed by atoms with Gasteiger partial charge in [-0.2, -0.15) is 0 Å². The van der Waals surface area contributed by atoms with Gasteiger partial charge in [-0.1, -0.05) is 45.4 Å². The van der Waals surface area contributed by atoms with Crippen LogP contribution in [0.15, 0.2) is 0 Å². The summed E-state index contributed by atoms with van der Waals surface area (Å²) in [6.07, 6.45) is 11.0. The SMILES string of the molecule is CC1C(O)CCC1C1CCCCCC1. The zero-order chi connectivity index (χ0) is 9.97. The quantitative estimate of drug-likeness (QED) is 0.638. The average molecular weight is 196 g/mol. The largest absolute Gasteiger partial charge is 0.393 e. The van der Waals surface area contributed by atoms with E-state index in [9.17, 15) is 5.11 Å². The first-order chi connectivity index (χ1) is 6.79. The van der Waals surface area contributed by atoms with Gasteiger partial charge in [0.1, 0.15) is 0 Å². The summed E-state index contributed by atoms with van der Waals surface area (Å²) in [6, 6.07) is 0. The molecule has 0 amide bonds. The van der Waals surface area contributed by atoms with Crippen molar-refractivity contribution < 1.29 is 5.11 Å². The Hall–Kier alpha value is -0.0400. The van der Waals surface area contributed by atoms with Crippen LogP contribution in [0.3, 0.4) is 0 Å². The molecule has 14 heavy (non-hydrogen) atoms. The van der Waals surface area contributed by atoms with Crippen molar-refractivity contribution in [3.8, 4) is 0 Å². The van der Waals surface area contributed by atoms with Crippen molar-refractivity contribution >= 4 is 0 Å². The van der Waals surface area contributed by atoms with E-state index in [0.717, 1.165) is 18.3 Å². The standard InChI is InChI=1S/C13H24O/c1-10-12(8-9-13(10)14)11-6-4-2-3-5-7-11/h10-14H,2-9H2,1H3. The molecule has 1 heteroatoms. The molecule has 0 heterocycles. The minimum atomic E-state index is 0.00301. The molecule has 82 valence electrons. The maximum atomic E-state index is 9.77. The van der Waals surface area contributed by atoms with Crippen LogP contribution in [0, 0.1) is 17.8 Å². The molecule has 3 unspecified atom stereocenters. The highest BCUT2D eigenvalue weighted by atomic mass is 16.3. The van der Waals surface area contributed by atoms with E-state index in [-0.39, 0.29) is 6.10 Å². The number of hydrogen-bond acceptors (Lipinski definition) is 1. The van der Waals surface area contributed by atoms with E-state index >= 15 is 0 Å². The molecule has 0 aromatic rings. The van der Waals surface area contributed by atoms with Crippen LogP contribution < -0.4 is 0 Å². The minimum absolute atomic E-state index is 0.00301. The fourth-order valence-electron chi connectivity index (χ4n) is 3.58. The smallest absolute Gasteiger partial charge is 0.0568 e. The van der Waals surface area contributed by atoms with Crippen molar-refractivity contribution in [2.45, 2.75) is 64.4 Å². The first kappa shape index (κ1) is 10.5. The summed E-state index contributed by atoms with van der Waals surface area (Å²) in [6.45, 7) is 2.26. The zero-order valence-electron chi connectivity index (χ0n) is 9.41. The first-order valence-corrected chi connectivity index (χ1v) is 6.47. The van der Waals surface area contributed by atoms with Crippen LogP contribution in [0.25, 0.3) is 0 Å². The monoisotopic (exact) mass is 196 g/mol. The summed E-state index contributed by atoms with van der Waals surface area (Å²) in [5, 5.41) is 9.77. The molecule has 3 atom stereocenters. The molecule has 2 fully saturated rings. The van der Waals surface area contributed by atoms with E-state index in [1.54, 1.807) is 0 Å². The van der Waals surface area contributed by atoms with Crippen molar-refractivity contribution in [3.63, 3.8) is 0 Å². The van der Waals surface area contributed by atoms with Gasteiger partial charge in [0, 0.05) is 0 Å². The second kappa shape index (κ2) is 4.65. The van der Waals surface area contributed by atoms with Crippen LogP contribution >= 0.6 is 0 Å². The van der Waals surface area contributed by atoms with Gasteiger partial charge in [-0.3, -0.25) is 0 Å². The van der Waals surface area contributed by atoms with Gasteiger partial charge in [-0.25, -0.2) is 0 Å². The Labute approximate surface area is 87.9 Å². The molecule has 2 aliphatic carbocycles. The fraction of sp³-hybridized carbons (Fsp3) is 1.00. The average Bonchev–Trinajstić information content (AvgIpc) is 2.47. The Balaban J connectivity index is 1.92. The maximum Gasteiger partial charge on any atom is 0.0568 e. The lowest BCUT2D eigenvalue weighted by Gasteiger charge is -2.26. The zero-order valence-corrected chi connectivity index (χ0v) is 9.41. The van der Waals surface area contributed by atoms with E-state index in [1.165, 1.54) is 44.9 Å². The van der Waals surface area contributed by atoms with Crippen molar-refractivity contribution in [1.82, 2.24) is 0 Å². The minimum Gasteiger partial charge on any atom is -0.393 e. The van der Waals surface area contributed by atoms with Crippen molar-refractivity contribution in [2.75, 3.05) is 0 Å². The molecule has 0 spiro atoms. The summed E-state index contributed by atoms with van der Waals surface area (Å²) in [4.78, 5) is 0. The molecule has 0 bridgehead atoms.